The van der Waals surface area contributed by atoms with Crippen molar-refractivity contribution in [1.29, 1.82) is 0 Å². The van der Waals surface area contributed by atoms with Crippen molar-refractivity contribution < 1.29 is 23.4 Å². The van der Waals surface area contributed by atoms with E-state index in [0.29, 0.717) is 12.0 Å². The van der Waals surface area contributed by atoms with Crippen LogP contribution in [0.5, 0.6) is 11.5 Å². The van der Waals surface area contributed by atoms with Crippen molar-refractivity contribution in [1.82, 2.24) is 9.58 Å². The van der Waals surface area contributed by atoms with E-state index >= 15 is 0 Å². The Labute approximate surface area is 194 Å². The topological polar surface area (TPSA) is 75.0 Å². The second kappa shape index (κ2) is 8.16. The predicted octanol–water partition coefficient (Wildman–Crippen LogP) is 3.53. The highest BCUT2D eigenvalue weighted by atomic mass is 19.2. The molecule has 34 heavy (non-hydrogen) atoms. The van der Waals surface area contributed by atoms with E-state index in [-0.39, 0.29) is 24.1 Å². The molecule has 1 amide bonds. The summed E-state index contributed by atoms with van der Waals surface area (Å²) >= 11 is 0. The Morgan fingerprint density at radius 1 is 1.06 bits per heavy atom. The van der Waals surface area contributed by atoms with Gasteiger partial charge >= 0.3 is 0 Å². The van der Waals surface area contributed by atoms with Crippen LogP contribution in [0.1, 0.15) is 47.9 Å². The van der Waals surface area contributed by atoms with Crippen LogP contribution in [-0.4, -0.2) is 39.4 Å². The normalized spacial score (nSPS) is 19.6. The summed E-state index contributed by atoms with van der Waals surface area (Å²) in [6.07, 6.45) is 1.21. The van der Waals surface area contributed by atoms with Gasteiger partial charge in [-0.2, -0.15) is 0 Å². The largest absolute Gasteiger partial charge is 0.502 e. The molecule has 0 saturated heterocycles. The molecule has 0 spiro atoms. The summed E-state index contributed by atoms with van der Waals surface area (Å²) in [6, 6.07) is 11.4. The van der Waals surface area contributed by atoms with Crippen LogP contribution in [0.15, 0.2) is 59.5 Å². The van der Waals surface area contributed by atoms with Crippen LogP contribution in [0.4, 0.5) is 8.78 Å². The van der Waals surface area contributed by atoms with Crippen molar-refractivity contribution in [3.05, 3.63) is 93.4 Å². The minimum Gasteiger partial charge on any atom is -0.502 e. The van der Waals surface area contributed by atoms with Crippen molar-refractivity contribution >= 4 is 5.91 Å². The Balaban J connectivity index is 1.86. The first-order chi connectivity index (χ1) is 16.3. The monoisotopic (exact) mass is 467 g/mol. The van der Waals surface area contributed by atoms with E-state index in [1.807, 2.05) is 49.2 Å². The Hall–Kier alpha value is -3.88. The molecule has 1 N–H and O–H groups in total. The zero-order valence-electron chi connectivity index (χ0n) is 18.6. The number of aromatic hydroxyl groups is 1. The van der Waals surface area contributed by atoms with E-state index in [4.69, 9.17) is 4.74 Å². The minimum atomic E-state index is -1.03. The van der Waals surface area contributed by atoms with Gasteiger partial charge in [0, 0.05) is 36.4 Å². The van der Waals surface area contributed by atoms with E-state index in [1.54, 1.807) is 4.90 Å². The number of benzene rings is 2. The Morgan fingerprint density at radius 2 is 1.76 bits per heavy atom. The number of amides is 1. The molecule has 3 heterocycles. The Bertz CT molecular complexity index is 1330. The number of ether oxygens (including phenoxy) is 1. The number of halogens is 2. The van der Waals surface area contributed by atoms with Gasteiger partial charge in [0.2, 0.25) is 5.43 Å². The van der Waals surface area contributed by atoms with Gasteiger partial charge in [0.1, 0.15) is 18.0 Å². The summed E-state index contributed by atoms with van der Waals surface area (Å²) in [5, 5.41) is 12.4. The van der Waals surface area contributed by atoms with E-state index in [2.05, 4.69) is 0 Å². The van der Waals surface area contributed by atoms with Gasteiger partial charge in [0.25, 0.3) is 5.91 Å². The Morgan fingerprint density at radius 3 is 2.47 bits per heavy atom. The molecule has 0 radical (unpaired) electrons. The number of hydrogen-bond acceptors (Lipinski definition) is 5. The standard InChI is InChI=1S/C25H23F2N3O4/c1-14(2)29-21-9-11-34-20-13-18(27)17(26)12-16(20)22(15-6-4-3-5-7-15)30(21)28-10-8-19(31)24(32)23(28)25(29)33/h3-8,10,12-14,21-22,32H,9,11H2,1-2H3. The number of fused-ring (bicyclic) bond motifs is 4. The molecule has 2 aliphatic heterocycles. The van der Waals surface area contributed by atoms with Crippen molar-refractivity contribution in [3.63, 3.8) is 0 Å². The molecule has 3 aromatic rings. The van der Waals surface area contributed by atoms with Crippen LogP contribution < -0.4 is 15.2 Å². The zero-order valence-corrected chi connectivity index (χ0v) is 18.6. The molecular weight excluding hydrogens is 444 g/mol. The summed E-state index contributed by atoms with van der Waals surface area (Å²) in [5.74, 6) is -3.03. The lowest BCUT2D eigenvalue weighted by atomic mass is 9.94. The maximum absolute atomic E-state index is 14.5. The first kappa shape index (κ1) is 21.9. The highest BCUT2D eigenvalue weighted by Gasteiger charge is 2.45. The number of nitrogens with zero attached hydrogens (tertiary/aromatic N) is 3. The third-order valence-corrected chi connectivity index (χ3v) is 6.28. The molecule has 9 heteroatoms. The average molecular weight is 467 g/mol. The molecule has 176 valence electrons. The average Bonchev–Trinajstić information content (AvgIpc) is 2.80. The van der Waals surface area contributed by atoms with Crippen molar-refractivity contribution in [2.45, 2.75) is 38.5 Å². The van der Waals surface area contributed by atoms with Gasteiger partial charge in [0.05, 0.1) is 6.61 Å². The lowest BCUT2D eigenvalue weighted by molar-refractivity contribution is 0.0407. The van der Waals surface area contributed by atoms with Crippen molar-refractivity contribution in [3.8, 4) is 11.5 Å². The van der Waals surface area contributed by atoms with E-state index < -0.39 is 40.9 Å². The molecule has 2 unspecified atom stereocenters. The highest BCUT2D eigenvalue weighted by Crippen LogP contribution is 2.41. The molecule has 5 rings (SSSR count). The third-order valence-electron chi connectivity index (χ3n) is 6.28. The van der Waals surface area contributed by atoms with Crippen LogP contribution >= 0.6 is 0 Å². The van der Waals surface area contributed by atoms with Crippen LogP contribution in [0, 0.1) is 11.6 Å². The van der Waals surface area contributed by atoms with E-state index in [1.165, 1.54) is 16.9 Å². The lowest BCUT2D eigenvalue weighted by Crippen LogP contribution is -2.64. The maximum Gasteiger partial charge on any atom is 0.278 e. The second-order valence-electron chi connectivity index (χ2n) is 8.64. The van der Waals surface area contributed by atoms with Crippen LogP contribution in [0.3, 0.4) is 0 Å². The van der Waals surface area contributed by atoms with Gasteiger partial charge in [-0.25, -0.2) is 8.78 Å². The number of hydrogen-bond donors (Lipinski definition) is 1. The van der Waals surface area contributed by atoms with Gasteiger partial charge < -0.3 is 14.7 Å². The van der Waals surface area contributed by atoms with Gasteiger partial charge in [-0.15, -0.1) is 0 Å². The fourth-order valence-corrected chi connectivity index (χ4v) is 4.85. The molecule has 0 aliphatic carbocycles. The number of pyridine rings is 1. The fraction of sp³-hybridized carbons (Fsp3) is 0.280. The lowest BCUT2D eigenvalue weighted by Gasteiger charge is -2.52. The summed E-state index contributed by atoms with van der Waals surface area (Å²) in [6.45, 7) is 3.81. The Kier molecular flexibility index (Phi) is 5.27. The van der Waals surface area contributed by atoms with Gasteiger partial charge in [-0.05, 0) is 25.5 Å². The molecule has 2 aliphatic rings. The molecule has 0 fully saturated rings. The van der Waals surface area contributed by atoms with Crippen LogP contribution in [0.25, 0.3) is 0 Å². The van der Waals surface area contributed by atoms with Crippen LogP contribution in [0.2, 0.25) is 0 Å². The molecule has 0 bridgehead atoms. The molecule has 1 aromatic heterocycles. The van der Waals surface area contributed by atoms with Crippen LogP contribution in [-0.2, 0) is 0 Å². The van der Waals surface area contributed by atoms with Crippen molar-refractivity contribution in [2.24, 2.45) is 0 Å². The molecule has 2 atom stereocenters. The molecule has 2 aromatic carbocycles. The second-order valence-corrected chi connectivity index (χ2v) is 8.64. The number of carbonyl (C=O) groups is 1. The summed E-state index contributed by atoms with van der Waals surface area (Å²) < 4.78 is 36.0. The smallest absolute Gasteiger partial charge is 0.278 e. The number of carbonyl (C=O) groups excluding carboxylic acids is 1. The van der Waals surface area contributed by atoms with Gasteiger partial charge in [0.15, 0.2) is 23.1 Å². The predicted molar refractivity (Wildman–Crippen MR) is 120 cm³/mol. The van der Waals surface area contributed by atoms with Gasteiger partial charge in [-0.3, -0.25) is 19.3 Å². The summed E-state index contributed by atoms with van der Waals surface area (Å²) in [7, 11) is 0. The molecule has 0 saturated carbocycles. The SMILES string of the molecule is CC(C)N1C(=O)c2c(O)c(=O)ccn2N2C(c3ccccc3)c3cc(F)c(F)cc3OCCC12. The molecule has 7 nitrogen and oxygen atoms in total. The minimum absolute atomic E-state index is 0.138. The maximum atomic E-state index is 14.5. The first-order valence-corrected chi connectivity index (χ1v) is 11.0. The van der Waals surface area contributed by atoms with Crippen molar-refractivity contribution in [2.75, 3.05) is 11.6 Å². The summed E-state index contributed by atoms with van der Waals surface area (Å²) in [4.78, 5) is 27.3. The third kappa shape index (κ3) is 3.30. The number of aromatic nitrogens is 1. The van der Waals surface area contributed by atoms with E-state index in [0.717, 1.165) is 17.7 Å². The first-order valence-electron chi connectivity index (χ1n) is 11.0. The quantitative estimate of drug-likeness (QED) is 0.624. The van der Waals surface area contributed by atoms with Gasteiger partial charge in [-0.1, -0.05) is 30.3 Å². The zero-order chi connectivity index (χ0) is 24.1. The molecular formula is C25H23F2N3O4. The summed E-state index contributed by atoms with van der Waals surface area (Å²) in [5.41, 5.74) is 0.232. The van der Waals surface area contributed by atoms with E-state index in [9.17, 15) is 23.5 Å². The fourth-order valence-electron chi connectivity index (χ4n) is 4.85. The highest BCUT2D eigenvalue weighted by molar-refractivity contribution is 5.96. The number of rotatable bonds is 2.